The maximum absolute atomic E-state index is 6.22. The van der Waals surface area contributed by atoms with Gasteiger partial charge in [0.05, 0.1) is 6.54 Å². The molecule has 2 rings (SSSR count). The van der Waals surface area contributed by atoms with Gasteiger partial charge in [0.1, 0.15) is 5.82 Å². The number of nitrogens with one attached hydrogen (secondary N) is 2. The van der Waals surface area contributed by atoms with Crippen molar-refractivity contribution in [3.8, 4) is 0 Å². The van der Waals surface area contributed by atoms with E-state index in [0.29, 0.717) is 16.6 Å². The average molecular weight is 284 g/mol. The summed E-state index contributed by atoms with van der Waals surface area (Å²) in [5.41, 5.74) is 1.06. The fourth-order valence-corrected chi connectivity index (χ4v) is 2.41. The highest BCUT2D eigenvalue weighted by molar-refractivity contribution is 6.35. The van der Waals surface area contributed by atoms with Crippen molar-refractivity contribution in [3.05, 3.63) is 52.0 Å². The summed E-state index contributed by atoms with van der Waals surface area (Å²) in [5, 5.41) is 4.78. The van der Waals surface area contributed by atoms with Crippen molar-refractivity contribution in [1.82, 2.24) is 15.3 Å². The summed E-state index contributed by atoms with van der Waals surface area (Å²) >= 11 is 12.1. The highest BCUT2D eigenvalue weighted by Gasteiger charge is 2.13. The minimum Gasteiger partial charge on any atom is -0.348 e. The van der Waals surface area contributed by atoms with Crippen LogP contribution in [0.2, 0.25) is 10.0 Å². The lowest BCUT2D eigenvalue weighted by molar-refractivity contribution is 0.510. The standard InChI is InChI=1S/C13H15Cl2N3/c1-2-12(18-8-13-16-5-6-17-13)10-4-3-9(14)7-11(10)15/h3-7,12,18H,2,8H2,1H3,(H,16,17). The summed E-state index contributed by atoms with van der Waals surface area (Å²) in [6.45, 7) is 2.80. The zero-order valence-corrected chi connectivity index (χ0v) is 11.6. The quantitative estimate of drug-likeness (QED) is 0.872. The van der Waals surface area contributed by atoms with Gasteiger partial charge in [-0.05, 0) is 24.1 Å². The van der Waals surface area contributed by atoms with E-state index in [4.69, 9.17) is 23.2 Å². The molecule has 0 bridgehead atoms. The molecule has 18 heavy (non-hydrogen) atoms. The van der Waals surface area contributed by atoms with E-state index in [1.165, 1.54) is 0 Å². The molecule has 0 saturated heterocycles. The second kappa shape index (κ2) is 6.23. The van der Waals surface area contributed by atoms with Gasteiger partial charge in [-0.25, -0.2) is 4.98 Å². The van der Waals surface area contributed by atoms with E-state index >= 15 is 0 Å². The molecule has 0 aliphatic heterocycles. The molecule has 96 valence electrons. The van der Waals surface area contributed by atoms with Gasteiger partial charge in [-0.1, -0.05) is 36.2 Å². The molecule has 0 spiro atoms. The Balaban J connectivity index is 2.08. The Hall–Kier alpha value is -1.03. The minimum absolute atomic E-state index is 0.194. The fraction of sp³-hybridized carbons (Fsp3) is 0.308. The topological polar surface area (TPSA) is 40.7 Å². The molecule has 1 unspecified atom stereocenters. The number of imidazole rings is 1. The third-order valence-corrected chi connectivity index (χ3v) is 3.38. The zero-order chi connectivity index (χ0) is 13.0. The van der Waals surface area contributed by atoms with E-state index in [-0.39, 0.29) is 6.04 Å². The first-order valence-corrected chi connectivity index (χ1v) is 6.63. The summed E-state index contributed by atoms with van der Waals surface area (Å²) in [6, 6.07) is 5.80. The number of aromatic amines is 1. The van der Waals surface area contributed by atoms with Gasteiger partial charge in [-0.2, -0.15) is 0 Å². The van der Waals surface area contributed by atoms with Crippen LogP contribution in [0.3, 0.4) is 0 Å². The molecule has 0 aliphatic rings. The van der Waals surface area contributed by atoms with Gasteiger partial charge >= 0.3 is 0 Å². The molecule has 0 amide bonds. The average Bonchev–Trinajstić information content (AvgIpc) is 2.85. The van der Waals surface area contributed by atoms with Crippen LogP contribution in [0, 0.1) is 0 Å². The highest BCUT2D eigenvalue weighted by atomic mass is 35.5. The van der Waals surface area contributed by atoms with E-state index in [1.807, 2.05) is 18.3 Å². The first kappa shape index (κ1) is 13.4. The maximum atomic E-state index is 6.22. The van der Waals surface area contributed by atoms with Crippen molar-refractivity contribution in [2.24, 2.45) is 0 Å². The number of aromatic nitrogens is 2. The van der Waals surface area contributed by atoms with Crippen molar-refractivity contribution in [3.63, 3.8) is 0 Å². The molecule has 0 fully saturated rings. The minimum atomic E-state index is 0.194. The van der Waals surface area contributed by atoms with Gasteiger partial charge in [0.2, 0.25) is 0 Å². The van der Waals surface area contributed by atoms with Crippen LogP contribution in [-0.2, 0) is 6.54 Å². The van der Waals surface area contributed by atoms with E-state index in [2.05, 4.69) is 22.2 Å². The Labute approximate surface area is 117 Å². The Morgan fingerprint density at radius 3 is 2.83 bits per heavy atom. The molecule has 1 aromatic carbocycles. The number of halogens is 2. The summed E-state index contributed by atoms with van der Waals surface area (Å²) in [4.78, 5) is 7.24. The zero-order valence-electron chi connectivity index (χ0n) is 10.1. The third kappa shape index (κ3) is 3.25. The largest absolute Gasteiger partial charge is 0.348 e. The van der Waals surface area contributed by atoms with Crippen molar-refractivity contribution >= 4 is 23.2 Å². The SMILES string of the molecule is CCC(NCc1ncc[nH]1)c1ccc(Cl)cc1Cl. The van der Waals surface area contributed by atoms with Gasteiger partial charge < -0.3 is 10.3 Å². The van der Waals surface area contributed by atoms with Crippen LogP contribution in [-0.4, -0.2) is 9.97 Å². The van der Waals surface area contributed by atoms with E-state index < -0.39 is 0 Å². The fourth-order valence-electron chi connectivity index (χ4n) is 1.87. The van der Waals surface area contributed by atoms with Crippen LogP contribution in [0.4, 0.5) is 0 Å². The molecule has 0 saturated carbocycles. The number of hydrogen-bond donors (Lipinski definition) is 2. The van der Waals surface area contributed by atoms with E-state index in [9.17, 15) is 0 Å². The van der Waals surface area contributed by atoms with Gasteiger partial charge in [0.25, 0.3) is 0 Å². The van der Waals surface area contributed by atoms with E-state index in [0.717, 1.165) is 17.8 Å². The number of rotatable bonds is 5. The predicted molar refractivity (Wildman–Crippen MR) is 74.9 cm³/mol. The van der Waals surface area contributed by atoms with Crippen LogP contribution < -0.4 is 5.32 Å². The molecule has 0 radical (unpaired) electrons. The molecule has 1 atom stereocenters. The van der Waals surface area contributed by atoms with Crippen LogP contribution in [0.25, 0.3) is 0 Å². The summed E-state index contributed by atoms with van der Waals surface area (Å²) < 4.78 is 0. The first-order valence-electron chi connectivity index (χ1n) is 5.87. The van der Waals surface area contributed by atoms with Crippen molar-refractivity contribution < 1.29 is 0 Å². The maximum Gasteiger partial charge on any atom is 0.120 e. The number of H-pyrrole nitrogens is 1. The Kier molecular flexibility index (Phi) is 4.64. The van der Waals surface area contributed by atoms with Crippen molar-refractivity contribution in [2.75, 3.05) is 0 Å². The van der Waals surface area contributed by atoms with Crippen LogP contribution >= 0.6 is 23.2 Å². The summed E-state index contributed by atoms with van der Waals surface area (Å²) in [6.07, 6.45) is 4.50. The van der Waals surface area contributed by atoms with Crippen LogP contribution in [0.1, 0.15) is 30.8 Å². The first-order chi connectivity index (χ1) is 8.70. The molecular formula is C13H15Cl2N3. The smallest absolute Gasteiger partial charge is 0.120 e. The van der Waals surface area contributed by atoms with E-state index in [1.54, 1.807) is 12.3 Å². The monoisotopic (exact) mass is 283 g/mol. The molecule has 0 aliphatic carbocycles. The predicted octanol–water partition coefficient (Wildman–Crippen LogP) is 3.96. The lowest BCUT2D eigenvalue weighted by Gasteiger charge is -2.18. The molecule has 2 N–H and O–H groups in total. The molecule has 1 aromatic heterocycles. The molecular weight excluding hydrogens is 269 g/mol. The van der Waals surface area contributed by atoms with Gasteiger partial charge in [0.15, 0.2) is 0 Å². The highest BCUT2D eigenvalue weighted by Crippen LogP contribution is 2.28. The van der Waals surface area contributed by atoms with Crippen LogP contribution in [0.15, 0.2) is 30.6 Å². The summed E-state index contributed by atoms with van der Waals surface area (Å²) in [7, 11) is 0. The second-order valence-corrected chi connectivity index (χ2v) is 4.89. The van der Waals surface area contributed by atoms with Crippen LogP contribution in [0.5, 0.6) is 0 Å². The van der Waals surface area contributed by atoms with Crippen molar-refractivity contribution in [1.29, 1.82) is 0 Å². The normalized spacial score (nSPS) is 12.6. The van der Waals surface area contributed by atoms with Gasteiger partial charge in [-0.15, -0.1) is 0 Å². The summed E-state index contributed by atoms with van der Waals surface area (Å²) in [5.74, 6) is 0.915. The Bertz CT molecular complexity index is 497. The lowest BCUT2D eigenvalue weighted by Crippen LogP contribution is -2.21. The Morgan fingerprint density at radius 1 is 1.39 bits per heavy atom. The number of nitrogens with zero attached hydrogens (tertiary/aromatic N) is 1. The molecule has 5 heteroatoms. The third-order valence-electron chi connectivity index (χ3n) is 2.82. The molecule has 2 aromatic rings. The lowest BCUT2D eigenvalue weighted by atomic mass is 10.0. The number of benzene rings is 1. The second-order valence-electron chi connectivity index (χ2n) is 4.04. The van der Waals surface area contributed by atoms with Crippen molar-refractivity contribution in [2.45, 2.75) is 25.9 Å². The molecule has 1 heterocycles. The van der Waals surface area contributed by atoms with Gasteiger partial charge in [0, 0.05) is 28.5 Å². The molecule has 3 nitrogen and oxygen atoms in total. The van der Waals surface area contributed by atoms with Gasteiger partial charge in [-0.3, -0.25) is 0 Å². The Morgan fingerprint density at radius 2 is 2.22 bits per heavy atom. The number of hydrogen-bond acceptors (Lipinski definition) is 2.